The first-order chi connectivity index (χ1) is 14.3. The van der Waals surface area contributed by atoms with Gasteiger partial charge in [-0.3, -0.25) is 25.2 Å². The molecule has 0 aliphatic rings. The molecule has 9 nitrogen and oxygen atoms in total. The molecule has 2 aromatic rings. The summed E-state index contributed by atoms with van der Waals surface area (Å²) in [6.07, 6.45) is 1.60. The molecule has 0 unspecified atom stereocenters. The topological polar surface area (TPSA) is 112 Å². The van der Waals surface area contributed by atoms with Crippen molar-refractivity contribution in [1.82, 2.24) is 20.6 Å². The van der Waals surface area contributed by atoms with E-state index in [4.69, 9.17) is 9.47 Å². The van der Waals surface area contributed by atoms with Gasteiger partial charge in [0.2, 0.25) is 0 Å². The maximum atomic E-state index is 12.4. The summed E-state index contributed by atoms with van der Waals surface area (Å²) in [4.78, 5) is 36.3. The van der Waals surface area contributed by atoms with Gasteiger partial charge in [-0.2, -0.15) is 5.10 Å². The first kappa shape index (κ1) is 22.9. The van der Waals surface area contributed by atoms with Crippen LogP contribution in [0.25, 0.3) is 0 Å². The summed E-state index contributed by atoms with van der Waals surface area (Å²) in [7, 11) is 1.49. The molecule has 0 saturated carbocycles. The van der Waals surface area contributed by atoms with E-state index in [1.54, 1.807) is 12.1 Å². The second-order valence-electron chi connectivity index (χ2n) is 7.08. The second kappa shape index (κ2) is 11.0. The molecule has 0 bridgehead atoms. The van der Waals surface area contributed by atoms with Crippen LogP contribution in [0.4, 0.5) is 0 Å². The maximum Gasteiger partial charge on any atom is 0.290 e. The van der Waals surface area contributed by atoms with Gasteiger partial charge in [0.25, 0.3) is 17.4 Å². The van der Waals surface area contributed by atoms with E-state index >= 15 is 0 Å². The highest BCUT2D eigenvalue weighted by Gasteiger charge is 2.14. The molecule has 9 heteroatoms. The van der Waals surface area contributed by atoms with Crippen molar-refractivity contribution in [2.24, 2.45) is 5.92 Å². The molecule has 1 aromatic carbocycles. The molecular weight excluding hydrogens is 388 g/mol. The third-order valence-electron chi connectivity index (χ3n) is 4.20. The monoisotopic (exact) mass is 416 g/mol. The molecule has 0 saturated heterocycles. The quantitative estimate of drug-likeness (QED) is 0.606. The normalized spacial score (nSPS) is 10.6. The Hall–Kier alpha value is -3.36. The van der Waals surface area contributed by atoms with Crippen LogP contribution >= 0.6 is 0 Å². The lowest BCUT2D eigenvalue weighted by molar-refractivity contribution is 0.0842. The molecule has 30 heavy (non-hydrogen) atoms. The van der Waals surface area contributed by atoms with Gasteiger partial charge in [-0.25, -0.2) is 4.68 Å². The van der Waals surface area contributed by atoms with E-state index in [1.165, 1.54) is 30.0 Å². The van der Waals surface area contributed by atoms with Crippen LogP contribution in [0.5, 0.6) is 11.5 Å². The van der Waals surface area contributed by atoms with Crippen LogP contribution in [-0.2, 0) is 6.54 Å². The standard InChI is InChI=1S/C21H28N4O5/c1-5-11-25-19(26)9-7-16(24-25)21(28)23-22-20(27)15-6-8-17(18(13-15)29-4)30-12-10-14(2)3/h6-9,13-14H,5,10-12H2,1-4H3,(H,22,27)(H,23,28). The van der Waals surface area contributed by atoms with Gasteiger partial charge in [-0.15, -0.1) is 0 Å². The van der Waals surface area contributed by atoms with Crippen molar-refractivity contribution in [3.05, 3.63) is 51.9 Å². The number of amides is 2. The van der Waals surface area contributed by atoms with E-state index in [9.17, 15) is 14.4 Å². The molecule has 1 heterocycles. The lowest BCUT2D eigenvalue weighted by Gasteiger charge is -2.13. The Morgan fingerprint density at radius 3 is 2.50 bits per heavy atom. The van der Waals surface area contributed by atoms with Gasteiger partial charge in [0, 0.05) is 18.2 Å². The van der Waals surface area contributed by atoms with Gasteiger partial charge in [0.1, 0.15) is 0 Å². The second-order valence-corrected chi connectivity index (χ2v) is 7.08. The van der Waals surface area contributed by atoms with Crippen LogP contribution < -0.4 is 25.9 Å². The minimum atomic E-state index is -0.631. The smallest absolute Gasteiger partial charge is 0.290 e. The zero-order chi connectivity index (χ0) is 22.1. The lowest BCUT2D eigenvalue weighted by atomic mass is 10.1. The number of ether oxygens (including phenoxy) is 2. The van der Waals surface area contributed by atoms with Crippen molar-refractivity contribution < 1.29 is 19.1 Å². The molecule has 0 aliphatic carbocycles. The SMILES string of the molecule is CCCn1nc(C(=O)NNC(=O)c2ccc(OCCC(C)C)c(OC)c2)ccc1=O. The van der Waals surface area contributed by atoms with E-state index in [2.05, 4.69) is 29.8 Å². The largest absolute Gasteiger partial charge is 0.493 e. The number of nitrogens with zero attached hydrogens (tertiary/aromatic N) is 2. The van der Waals surface area contributed by atoms with Crippen molar-refractivity contribution in [2.75, 3.05) is 13.7 Å². The Morgan fingerprint density at radius 2 is 1.83 bits per heavy atom. The third-order valence-corrected chi connectivity index (χ3v) is 4.20. The van der Waals surface area contributed by atoms with Crippen LogP contribution in [0.2, 0.25) is 0 Å². The minimum absolute atomic E-state index is 0.0230. The van der Waals surface area contributed by atoms with E-state index in [0.29, 0.717) is 37.0 Å². The molecule has 0 spiro atoms. The average molecular weight is 416 g/mol. The Bertz CT molecular complexity index is 939. The molecule has 0 radical (unpaired) electrons. The van der Waals surface area contributed by atoms with E-state index in [0.717, 1.165) is 6.42 Å². The summed E-state index contributed by atoms with van der Waals surface area (Å²) < 4.78 is 12.2. The number of rotatable bonds is 9. The number of aromatic nitrogens is 2. The van der Waals surface area contributed by atoms with Crippen LogP contribution in [0, 0.1) is 5.92 Å². The number of carbonyl (C=O) groups is 2. The number of hydrogen-bond acceptors (Lipinski definition) is 6. The first-order valence-electron chi connectivity index (χ1n) is 9.85. The highest BCUT2D eigenvalue weighted by atomic mass is 16.5. The highest BCUT2D eigenvalue weighted by molar-refractivity contribution is 5.98. The van der Waals surface area contributed by atoms with Crippen molar-refractivity contribution >= 4 is 11.8 Å². The predicted molar refractivity (Wildman–Crippen MR) is 112 cm³/mol. The summed E-state index contributed by atoms with van der Waals surface area (Å²) in [5.74, 6) is 0.318. The summed E-state index contributed by atoms with van der Waals surface area (Å²) in [6.45, 7) is 7.06. The summed E-state index contributed by atoms with van der Waals surface area (Å²) >= 11 is 0. The number of methoxy groups -OCH3 is 1. The molecule has 2 N–H and O–H groups in total. The molecule has 1 aromatic heterocycles. The summed E-state index contributed by atoms with van der Waals surface area (Å²) in [5.41, 5.74) is 4.64. The summed E-state index contributed by atoms with van der Waals surface area (Å²) in [5, 5.41) is 4.00. The van der Waals surface area contributed by atoms with E-state index in [1.807, 2.05) is 6.92 Å². The Kier molecular flexibility index (Phi) is 8.40. The van der Waals surface area contributed by atoms with Crippen LogP contribution in [0.15, 0.2) is 35.1 Å². The number of nitrogens with one attached hydrogen (secondary N) is 2. The number of carbonyl (C=O) groups excluding carboxylic acids is 2. The average Bonchev–Trinajstić information content (AvgIpc) is 2.73. The van der Waals surface area contributed by atoms with Gasteiger partial charge in [0.05, 0.1) is 13.7 Å². The Morgan fingerprint density at radius 1 is 1.10 bits per heavy atom. The van der Waals surface area contributed by atoms with E-state index < -0.39 is 11.8 Å². The molecule has 0 fully saturated rings. The van der Waals surface area contributed by atoms with Crippen molar-refractivity contribution in [3.8, 4) is 11.5 Å². The number of hydrogen-bond donors (Lipinski definition) is 2. The van der Waals surface area contributed by atoms with Gasteiger partial charge in [-0.1, -0.05) is 20.8 Å². The zero-order valence-electron chi connectivity index (χ0n) is 17.7. The highest BCUT2D eigenvalue weighted by Crippen LogP contribution is 2.28. The predicted octanol–water partition coefficient (Wildman–Crippen LogP) is 2.16. The van der Waals surface area contributed by atoms with Crippen molar-refractivity contribution in [2.45, 2.75) is 40.2 Å². The molecule has 0 atom stereocenters. The van der Waals surface area contributed by atoms with Crippen LogP contribution in [0.1, 0.15) is 54.5 Å². The van der Waals surface area contributed by atoms with Gasteiger partial charge >= 0.3 is 0 Å². The molecular formula is C21H28N4O5. The fourth-order valence-corrected chi connectivity index (χ4v) is 2.52. The maximum absolute atomic E-state index is 12.4. The zero-order valence-corrected chi connectivity index (χ0v) is 17.7. The first-order valence-corrected chi connectivity index (χ1v) is 9.85. The van der Waals surface area contributed by atoms with Crippen LogP contribution in [0.3, 0.4) is 0 Å². The fraction of sp³-hybridized carbons (Fsp3) is 0.429. The lowest BCUT2D eigenvalue weighted by Crippen LogP contribution is -2.42. The fourth-order valence-electron chi connectivity index (χ4n) is 2.52. The van der Waals surface area contributed by atoms with Gasteiger partial charge < -0.3 is 9.47 Å². The summed E-state index contributed by atoms with van der Waals surface area (Å²) in [6, 6.07) is 7.34. The number of benzene rings is 1. The minimum Gasteiger partial charge on any atom is -0.493 e. The molecule has 2 amide bonds. The van der Waals surface area contributed by atoms with Gasteiger partial charge in [0.15, 0.2) is 17.2 Å². The molecule has 162 valence electrons. The van der Waals surface area contributed by atoms with E-state index in [-0.39, 0.29) is 16.8 Å². The van der Waals surface area contributed by atoms with Crippen LogP contribution in [-0.4, -0.2) is 35.3 Å². The van der Waals surface area contributed by atoms with Crippen molar-refractivity contribution in [3.63, 3.8) is 0 Å². The molecule has 2 rings (SSSR count). The Balaban J connectivity index is 2.01. The molecule has 0 aliphatic heterocycles. The Labute approximate surface area is 175 Å². The number of aryl methyl sites for hydroxylation is 1. The number of hydrazine groups is 1. The third kappa shape index (κ3) is 6.33. The van der Waals surface area contributed by atoms with Crippen molar-refractivity contribution in [1.29, 1.82) is 0 Å². The van der Waals surface area contributed by atoms with Gasteiger partial charge in [-0.05, 0) is 43.0 Å².